The summed E-state index contributed by atoms with van der Waals surface area (Å²) < 4.78 is 5.14. The molecule has 1 heterocycles. The highest BCUT2D eigenvalue weighted by Crippen LogP contribution is 2.07. The molecule has 0 unspecified atom stereocenters. The Hall–Kier alpha value is -5.49. The summed E-state index contributed by atoms with van der Waals surface area (Å²) in [7, 11) is 0. The van der Waals surface area contributed by atoms with Gasteiger partial charge in [-0.1, -0.05) is 35.8 Å². The van der Waals surface area contributed by atoms with Crippen LogP contribution in [0.2, 0.25) is 0 Å². The molecule has 0 spiro atoms. The van der Waals surface area contributed by atoms with Crippen LogP contribution < -0.4 is 37.7 Å². The van der Waals surface area contributed by atoms with Crippen LogP contribution in [0, 0.1) is 10.1 Å². The molecule has 1 fully saturated rings. The monoisotopic (exact) mass is 649 g/mol. The van der Waals surface area contributed by atoms with Crippen LogP contribution in [0.1, 0.15) is 50.5 Å². The highest BCUT2D eigenvalue weighted by Gasteiger charge is 2.29. The Balaban J connectivity index is 1.90. The number of nitrogens with two attached hydrogens (primary N) is 1. The van der Waals surface area contributed by atoms with E-state index in [-0.39, 0.29) is 57.7 Å². The molecule has 5 amide bonds. The number of hydrogen-bond donors (Lipinski definition) is 8. The van der Waals surface area contributed by atoms with Gasteiger partial charge in [0.05, 0.1) is 6.54 Å². The van der Waals surface area contributed by atoms with Gasteiger partial charge in [0.25, 0.3) is 5.96 Å². The second-order valence-electron chi connectivity index (χ2n) is 10.2. The van der Waals surface area contributed by atoms with Crippen LogP contribution in [0.15, 0.2) is 35.3 Å². The maximum absolute atomic E-state index is 13.1. The number of nitro groups is 1. The number of nitrogens with zero attached hydrogens (tertiary/aromatic N) is 2. The van der Waals surface area contributed by atoms with Crippen molar-refractivity contribution in [3.8, 4) is 0 Å². The number of carbonyl (C=O) groups excluding carboxylic acids is 5. The molecule has 3 atom stereocenters. The lowest BCUT2D eigenvalue weighted by Gasteiger charge is -2.22. The molecule has 1 aliphatic heterocycles. The van der Waals surface area contributed by atoms with E-state index in [1.807, 2.05) is 18.2 Å². The number of benzene rings is 1. The molecule has 2 rings (SSSR count). The Morgan fingerprint density at radius 2 is 1.78 bits per heavy atom. The lowest BCUT2D eigenvalue weighted by Crippen LogP contribution is -2.53. The fourth-order valence-corrected chi connectivity index (χ4v) is 4.21. The van der Waals surface area contributed by atoms with Crippen molar-refractivity contribution < 1.29 is 43.6 Å². The van der Waals surface area contributed by atoms with Gasteiger partial charge in [-0.05, 0) is 44.1 Å². The van der Waals surface area contributed by atoms with Gasteiger partial charge >= 0.3 is 12.1 Å². The first-order valence-electron chi connectivity index (χ1n) is 14.5. The summed E-state index contributed by atoms with van der Waals surface area (Å²) in [5.41, 5.74) is 7.79. The largest absolute Gasteiger partial charge is 0.480 e. The normalized spacial score (nSPS) is 15.4. The predicted octanol–water partition coefficient (Wildman–Crippen LogP) is -1.59. The van der Waals surface area contributed by atoms with E-state index in [4.69, 9.17) is 10.5 Å². The first-order chi connectivity index (χ1) is 21.9. The summed E-state index contributed by atoms with van der Waals surface area (Å²) >= 11 is 0. The molecule has 19 nitrogen and oxygen atoms in total. The minimum absolute atomic E-state index is 0.0602. The number of ether oxygens (including phenoxy) is 1. The Kier molecular flexibility index (Phi) is 15.7. The summed E-state index contributed by atoms with van der Waals surface area (Å²) in [6, 6.07) is 5.74. The van der Waals surface area contributed by atoms with Crippen LogP contribution in [0.25, 0.3) is 0 Å². The maximum atomic E-state index is 13.1. The van der Waals surface area contributed by atoms with Crippen LogP contribution in [0.4, 0.5) is 4.79 Å². The predicted molar refractivity (Wildman–Crippen MR) is 160 cm³/mol. The molecule has 46 heavy (non-hydrogen) atoms. The van der Waals surface area contributed by atoms with E-state index in [0.29, 0.717) is 12.8 Å². The minimum Gasteiger partial charge on any atom is -0.480 e. The quantitative estimate of drug-likeness (QED) is 0.0277. The van der Waals surface area contributed by atoms with E-state index in [0.717, 1.165) is 5.56 Å². The summed E-state index contributed by atoms with van der Waals surface area (Å²) in [5, 5.41) is 31.4. The van der Waals surface area contributed by atoms with Crippen LogP contribution in [-0.2, 0) is 35.3 Å². The number of hydrazine groups is 1. The Morgan fingerprint density at radius 3 is 2.43 bits per heavy atom. The van der Waals surface area contributed by atoms with Crippen molar-refractivity contribution >= 4 is 41.7 Å². The minimum atomic E-state index is -1.38. The fourth-order valence-electron chi connectivity index (χ4n) is 4.21. The van der Waals surface area contributed by atoms with Crippen molar-refractivity contribution in [2.45, 2.75) is 69.7 Å². The third kappa shape index (κ3) is 14.8. The summed E-state index contributed by atoms with van der Waals surface area (Å²) in [6.07, 6.45) is 0.609. The lowest BCUT2D eigenvalue weighted by molar-refractivity contribution is -0.525. The maximum Gasteiger partial charge on any atom is 0.407 e. The highest BCUT2D eigenvalue weighted by atomic mass is 16.7. The molecule has 252 valence electrons. The zero-order chi connectivity index (χ0) is 33.9. The van der Waals surface area contributed by atoms with Crippen LogP contribution in [-0.4, -0.2) is 89.5 Å². The van der Waals surface area contributed by atoms with E-state index in [2.05, 4.69) is 31.6 Å². The van der Waals surface area contributed by atoms with Gasteiger partial charge in [0, 0.05) is 19.5 Å². The SMILES string of the molecule is NC(=NCCC[C@H](NC(=O)[C@@H](CCCCNC(=O)OCc1ccccc1)NC(=O)CNC(=O)[C@H]1CCC(=O)N1)C(=O)O)N[N+](=O)[O-]. The fraction of sp³-hybridized carbons (Fsp3) is 0.519. The first kappa shape index (κ1) is 36.7. The van der Waals surface area contributed by atoms with E-state index in [1.165, 1.54) is 0 Å². The number of carboxylic acids is 1. The second kappa shape index (κ2) is 19.7. The Bertz CT molecular complexity index is 1260. The van der Waals surface area contributed by atoms with Gasteiger partial charge in [-0.2, -0.15) is 0 Å². The number of nitrogens with one attached hydrogen (secondary N) is 6. The first-order valence-corrected chi connectivity index (χ1v) is 14.5. The number of aliphatic imine (C=N–C) groups is 1. The van der Waals surface area contributed by atoms with Gasteiger partial charge in [0.2, 0.25) is 23.6 Å². The van der Waals surface area contributed by atoms with Crippen LogP contribution in [0.5, 0.6) is 0 Å². The molecule has 0 radical (unpaired) electrons. The van der Waals surface area contributed by atoms with Crippen molar-refractivity contribution in [1.82, 2.24) is 32.0 Å². The summed E-state index contributed by atoms with van der Waals surface area (Å²) in [5.74, 6) is -4.20. The van der Waals surface area contributed by atoms with Gasteiger partial charge in [0.15, 0.2) is 5.03 Å². The number of alkyl carbamates (subject to hydrolysis) is 1. The topological polar surface area (TPSA) is 286 Å². The average molecular weight is 650 g/mol. The number of carboxylic acid groups (broad SMARTS) is 1. The molecule has 1 aromatic rings. The third-order valence-electron chi connectivity index (χ3n) is 6.54. The number of aliphatic carboxylic acids is 1. The molecule has 19 heteroatoms. The molecule has 1 saturated heterocycles. The molecule has 0 bridgehead atoms. The van der Waals surface area contributed by atoms with Crippen molar-refractivity contribution in [2.24, 2.45) is 10.7 Å². The van der Waals surface area contributed by atoms with E-state index < -0.39 is 65.4 Å². The molecular formula is C27H39N9O10. The number of carbonyl (C=O) groups is 6. The number of rotatable bonds is 19. The average Bonchev–Trinajstić information content (AvgIpc) is 3.45. The Morgan fingerprint density at radius 1 is 1.07 bits per heavy atom. The zero-order valence-corrected chi connectivity index (χ0v) is 25.0. The van der Waals surface area contributed by atoms with Gasteiger partial charge in [-0.3, -0.25) is 19.2 Å². The molecular weight excluding hydrogens is 610 g/mol. The van der Waals surface area contributed by atoms with E-state index in [9.17, 15) is 44.0 Å². The molecule has 0 saturated carbocycles. The van der Waals surface area contributed by atoms with Crippen molar-refractivity contribution in [3.05, 3.63) is 46.0 Å². The van der Waals surface area contributed by atoms with Crippen molar-refractivity contribution in [1.29, 1.82) is 0 Å². The molecule has 0 aromatic heterocycles. The van der Waals surface area contributed by atoms with Gasteiger partial charge in [0.1, 0.15) is 24.7 Å². The number of unbranched alkanes of at least 4 members (excludes halogenated alkanes) is 1. The summed E-state index contributed by atoms with van der Waals surface area (Å²) in [6.45, 7) is -0.269. The van der Waals surface area contributed by atoms with E-state index >= 15 is 0 Å². The number of amides is 5. The number of guanidine groups is 1. The van der Waals surface area contributed by atoms with Crippen LogP contribution in [0.3, 0.4) is 0 Å². The summed E-state index contributed by atoms with van der Waals surface area (Å²) in [4.78, 5) is 87.1. The lowest BCUT2D eigenvalue weighted by atomic mass is 10.1. The number of hydrogen-bond acceptors (Lipinski definition) is 10. The van der Waals surface area contributed by atoms with E-state index in [1.54, 1.807) is 17.6 Å². The van der Waals surface area contributed by atoms with Crippen LogP contribution >= 0.6 is 0 Å². The van der Waals surface area contributed by atoms with Crippen molar-refractivity contribution in [3.63, 3.8) is 0 Å². The smallest absolute Gasteiger partial charge is 0.407 e. The van der Waals surface area contributed by atoms with Gasteiger partial charge < -0.3 is 42.2 Å². The zero-order valence-electron chi connectivity index (χ0n) is 25.0. The molecule has 1 aliphatic rings. The second-order valence-corrected chi connectivity index (χ2v) is 10.2. The van der Waals surface area contributed by atoms with Crippen molar-refractivity contribution in [2.75, 3.05) is 19.6 Å². The molecule has 9 N–H and O–H groups in total. The third-order valence-corrected chi connectivity index (χ3v) is 6.54. The molecule has 0 aliphatic carbocycles. The van der Waals surface area contributed by atoms with Gasteiger partial charge in [-0.25, -0.2) is 24.7 Å². The Labute approximate surface area is 263 Å². The van der Waals surface area contributed by atoms with Gasteiger partial charge in [-0.15, -0.1) is 0 Å². The molecule has 1 aromatic carbocycles. The highest BCUT2D eigenvalue weighted by molar-refractivity contribution is 5.94. The standard InChI is InChI=1S/C27H39N9O10/c28-26(35-36(44)45)29-14-6-10-20(25(41)42)34-24(40)18(33-22(38)15-31-23(39)19-11-12-21(37)32-19)9-4-5-13-30-27(43)46-16-17-7-2-1-3-8-17/h1-3,7-8,18-20H,4-6,9-16H2,(H,30,43)(H,31,39)(H,32,37)(H,33,38)(H,34,40)(H,41,42)(H3,28,29,35)/t18-,19-,20+/m1/s1.